The normalized spacial score (nSPS) is 9.77. The van der Waals surface area contributed by atoms with Crippen molar-refractivity contribution in [1.82, 2.24) is 0 Å². The first kappa shape index (κ1) is 9.80. The summed E-state index contributed by atoms with van der Waals surface area (Å²) in [5.74, 6) is -1.30. The first-order valence-corrected chi connectivity index (χ1v) is 3.77. The molecule has 0 aliphatic heterocycles. The van der Waals surface area contributed by atoms with Gasteiger partial charge in [-0.1, -0.05) is 11.6 Å². The summed E-state index contributed by atoms with van der Waals surface area (Å²) >= 11 is 5.58. The van der Waals surface area contributed by atoms with E-state index in [0.29, 0.717) is 0 Å². The van der Waals surface area contributed by atoms with Gasteiger partial charge in [0.15, 0.2) is 0 Å². The molecule has 0 atom stereocenters. The van der Waals surface area contributed by atoms with Crippen LogP contribution in [0, 0.1) is 5.82 Å². The van der Waals surface area contributed by atoms with Gasteiger partial charge in [0.25, 0.3) is 0 Å². The monoisotopic (exact) mass is 203 g/mol. The van der Waals surface area contributed by atoms with E-state index in [0.717, 1.165) is 12.1 Å². The van der Waals surface area contributed by atoms with Crippen LogP contribution in [0.4, 0.5) is 10.1 Å². The summed E-state index contributed by atoms with van der Waals surface area (Å²) in [5, 5.41) is -0.0152. The quantitative estimate of drug-likeness (QED) is 0.560. The highest BCUT2D eigenvalue weighted by Gasteiger charge is 2.13. The van der Waals surface area contributed by atoms with Crippen LogP contribution in [0.1, 0.15) is 10.4 Å². The van der Waals surface area contributed by atoms with Gasteiger partial charge in [0.05, 0.1) is 23.4 Å². The number of halogens is 2. The number of carbonyl (C=O) groups excluding carboxylic acids is 1. The summed E-state index contributed by atoms with van der Waals surface area (Å²) in [6, 6.07) is 2.12. The van der Waals surface area contributed by atoms with E-state index >= 15 is 0 Å². The first-order valence-electron chi connectivity index (χ1n) is 3.39. The van der Waals surface area contributed by atoms with E-state index in [9.17, 15) is 9.18 Å². The third kappa shape index (κ3) is 1.89. The summed E-state index contributed by atoms with van der Waals surface area (Å²) in [4.78, 5) is 11.0. The zero-order valence-corrected chi connectivity index (χ0v) is 7.56. The molecule has 0 fully saturated rings. The number of ether oxygens (including phenoxy) is 1. The highest BCUT2D eigenvalue weighted by Crippen LogP contribution is 2.22. The molecule has 0 amide bonds. The molecule has 0 aliphatic carbocycles. The van der Waals surface area contributed by atoms with Crippen molar-refractivity contribution in [2.45, 2.75) is 0 Å². The molecule has 0 heterocycles. The molecule has 3 nitrogen and oxygen atoms in total. The number of methoxy groups -OCH3 is 1. The van der Waals surface area contributed by atoms with Gasteiger partial charge in [-0.3, -0.25) is 0 Å². The molecule has 0 saturated carbocycles. The van der Waals surface area contributed by atoms with E-state index in [4.69, 9.17) is 17.3 Å². The standard InChI is InChI=1S/C8H7ClFNO2/c1-13-8(12)4-2-7(11)6(10)3-5(4)9/h2-3H,11H2,1H3. The minimum atomic E-state index is -0.655. The van der Waals surface area contributed by atoms with Gasteiger partial charge in [-0.05, 0) is 12.1 Å². The van der Waals surface area contributed by atoms with Crippen LogP contribution in [0.3, 0.4) is 0 Å². The molecule has 2 N–H and O–H groups in total. The molecular weight excluding hydrogens is 197 g/mol. The van der Waals surface area contributed by atoms with Crippen LogP contribution in [0.25, 0.3) is 0 Å². The van der Waals surface area contributed by atoms with Crippen molar-refractivity contribution in [2.24, 2.45) is 0 Å². The maximum atomic E-state index is 12.8. The predicted octanol–water partition coefficient (Wildman–Crippen LogP) is 1.85. The third-order valence-corrected chi connectivity index (χ3v) is 1.80. The van der Waals surface area contributed by atoms with Gasteiger partial charge in [-0.2, -0.15) is 0 Å². The van der Waals surface area contributed by atoms with Gasteiger partial charge in [-0.15, -0.1) is 0 Å². The Hall–Kier alpha value is -1.29. The Morgan fingerprint density at radius 3 is 2.77 bits per heavy atom. The van der Waals surface area contributed by atoms with Crippen molar-refractivity contribution in [1.29, 1.82) is 0 Å². The van der Waals surface area contributed by atoms with Crippen molar-refractivity contribution in [3.05, 3.63) is 28.5 Å². The number of rotatable bonds is 1. The van der Waals surface area contributed by atoms with Crippen LogP contribution in [-0.2, 0) is 4.74 Å². The summed E-state index contributed by atoms with van der Waals surface area (Å²) in [6.07, 6.45) is 0. The first-order chi connectivity index (χ1) is 6.06. The maximum Gasteiger partial charge on any atom is 0.339 e. The summed E-state index contributed by atoms with van der Waals surface area (Å²) in [7, 11) is 1.21. The Morgan fingerprint density at radius 1 is 1.62 bits per heavy atom. The Balaban J connectivity index is 3.23. The number of carbonyl (C=O) groups is 1. The van der Waals surface area contributed by atoms with E-state index in [-0.39, 0.29) is 16.3 Å². The highest BCUT2D eigenvalue weighted by molar-refractivity contribution is 6.33. The zero-order chi connectivity index (χ0) is 10.0. The van der Waals surface area contributed by atoms with E-state index in [1.807, 2.05) is 0 Å². The van der Waals surface area contributed by atoms with Gasteiger partial charge in [0.2, 0.25) is 0 Å². The number of anilines is 1. The molecule has 13 heavy (non-hydrogen) atoms. The molecular formula is C8H7ClFNO2. The van der Waals surface area contributed by atoms with Crippen molar-refractivity contribution in [2.75, 3.05) is 12.8 Å². The number of esters is 1. The number of nitrogens with two attached hydrogens (primary N) is 1. The van der Waals surface area contributed by atoms with Crippen molar-refractivity contribution in [3.63, 3.8) is 0 Å². The average molecular weight is 204 g/mol. The van der Waals surface area contributed by atoms with Crippen molar-refractivity contribution in [3.8, 4) is 0 Å². The molecule has 70 valence electrons. The van der Waals surface area contributed by atoms with E-state index in [1.54, 1.807) is 0 Å². The molecule has 0 spiro atoms. The largest absolute Gasteiger partial charge is 0.465 e. The van der Waals surface area contributed by atoms with Crippen LogP contribution in [0.2, 0.25) is 5.02 Å². The minimum Gasteiger partial charge on any atom is -0.465 e. The topological polar surface area (TPSA) is 52.3 Å². The lowest BCUT2D eigenvalue weighted by atomic mass is 10.2. The summed E-state index contributed by atoms with van der Waals surface area (Å²) in [5.41, 5.74) is 5.16. The zero-order valence-electron chi connectivity index (χ0n) is 6.80. The lowest BCUT2D eigenvalue weighted by Crippen LogP contribution is -2.04. The Kier molecular flexibility index (Phi) is 2.72. The van der Waals surface area contributed by atoms with Gasteiger partial charge >= 0.3 is 5.97 Å². The van der Waals surface area contributed by atoms with Gasteiger partial charge in [0.1, 0.15) is 5.82 Å². The van der Waals surface area contributed by atoms with Crippen LogP contribution >= 0.6 is 11.6 Å². The van der Waals surface area contributed by atoms with Crippen molar-refractivity contribution >= 4 is 23.3 Å². The highest BCUT2D eigenvalue weighted by atomic mass is 35.5. The summed E-state index contributed by atoms with van der Waals surface area (Å²) in [6.45, 7) is 0. The van der Waals surface area contributed by atoms with Crippen LogP contribution < -0.4 is 5.73 Å². The SMILES string of the molecule is COC(=O)c1cc(N)c(F)cc1Cl. The lowest BCUT2D eigenvalue weighted by molar-refractivity contribution is 0.0601. The molecule has 1 aromatic carbocycles. The maximum absolute atomic E-state index is 12.8. The third-order valence-electron chi connectivity index (χ3n) is 1.49. The molecule has 1 rings (SSSR count). The smallest absolute Gasteiger partial charge is 0.339 e. The number of hydrogen-bond acceptors (Lipinski definition) is 3. The number of hydrogen-bond donors (Lipinski definition) is 1. The van der Waals surface area contributed by atoms with Gasteiger partial charge < -0.3 is 10.5 Å². The molecule has 0 bridgehead atoms. The van der Waals surface area contributed by atoms with Crippen LogP contribution in [-0.4, -0.2) is 13.1 Å². The molecule has 0 saturated heterocycles. The molecule has 0 aliphatic rings. The number of benzene rings is 1. The minimum absolute atomic E-state index is 0.0152. The summed E-state index contributed by atoms with van der Waals surface area (Å²) < 4.78 is 17.2. The number of nitrogen functional groups attached to an aromatic ring is 1. The predicted molar refractivity (Wildman–Crippen MR) is 47.2 cm³/mol. The van der Waals surface area contributed by atoms with E-state index in [2.05, 4.69) is 4.74 Å². The fourth-order valence-corrected chi connectivity index (χ4v) is 1.06. The average Bonchev–Trinajstić information content (AvgIpc) is 2.10. The lowest BCUT2D eigenvalue weighted by Gasteiger charge is -2.03. The fourth-order valence-electron chi connectivity index (χ4n) is 0.832. The second kappa shape index (κ2) is 3.62. The Bertz CT molecular complexity index is 354. The van der Waals surface area contributed by atoms with Crippen LogP contribution in [0.5, 0.6) is 0 Å². The van der Waals surface area contributed by atoms with Crippen LogP contribution in [0.15, 0.2) is 12.1 Å². The molecule has 1 aromatic rings. The fraction of sp³-hybridized carbons (Fsp3) is 0.125. The van der Waals surface area contributed by atoms with Crippen molar-refractivity contribution < 1.29 is 13.9 Å². The van der Waals surface area contributed by atoms with E-state index in [1.165, 1.54) is 7.11 Å². The molecule has 5 heteroatoms. The molecule has 0 aromatic heterocycles. The van der Waals surface area contributed by atoms with E-state index < -0.39 is 11.8 Å². The van der Waals surface area contributed by atoms with Gasteiger partial charge in [-0.25, -0.2) is 9.18 Å². The Labute approximate surface area is 79.2 Å². The van der Waals surface area contributed by atoms with Gasteiger partial charge in [0, 0.05) is 0 Å². The molecule has 0 radical (unpaired) electrons. The Morgan fingerprint density at radius 2 is 2.23 bits per heavy atom. The second-order valence-corrected chi connectivity index (χ2v) is 2.75. The second-order valence-electron chi connectivity index (χ2n) is 2.35. The molecule has 0 unspecified atom stereocenters.